The monoisotopic (exact) mass is 220 g/mol. The Morgan fingerprint density at radius 1 is 1.40 bits per heavy atom. The highest BCUT2D eigenvalue weighted by atomic mass is 35.5. The van der Waals surface area contributed by atoms with Crippen LogP contribution in [0.4, 0.5) is 0 Å². The normalized spacial score (nSPS) is 19.8. The van der Waals surface area contributed by atoms with Gasteiger partial charge in [-0.25, -0.2) is 0 Å². The molecular weight excluding hydrogens is 208 g/mol. The van der Waals surface area contributed by atoms with E-state index in [9.17, 15) is 0 Å². The molecule has 78 valence electrons. The maximum atomic E-state index is 6.24. The molecule has 0 radical (unpaired) electrons. The summed E-state index contributed by atoms with van der Waals surface area (Å²) in [7, 11) is 0. The first kappa shape index (κ1) is 9.25. The van der Waals surface area contributed by atoms with Gasteiger partial charge in [-0.3, -0.25) is 0 Å². The van der Waals surface area contributed by atoms with E-state index in [4.69, 9.17) is 17.3 Å². The van der Waals surface area contributed by atoms with Crippen molar-refractivity contribution in [1.82, 2.24) is 4.98 Å². The summed E-state index contributed by atoms with van der Waals surface area (Å²) in [5, 5.41) is 2.02. The Balaban J connectivity index is 2.38. The Hall–Kier alpha value is -0.990. The quantitative estimate of drug-likeness (QED) is 0.704. The SMILES string of the molecule is Cc1ccc(Cl)c2c3c([nH]c12)CC(N)C3. The van der Waals surface area contributed by atoms with E-state index in [1.807, 2.05) is 6.07 Å². The van der Waals surface area contributed by atoms with Crippen molar-refractivity contribution < 1.29 is 0 Å². The highest BCUT2D eigenvalue weighted by Gasteiger charge is 2.24. The summed E-state index contributed by atoms with van der Waals surface area (Å²) in [5.41, 5.74) is 11.0. The molecule has 1 aromatic heterocycles. The van der Waals surface area contributed by atoms with Gasteiger partial charge >= 0.3 is 0 Å². The number of hydrogen-bond donors (Lipinski definition) is 2. The fourth-order valence-corrected chi connectivity index (χ4v) is 2.78. The lowest BCUT2D eigenvalue weighted by Gasteiger charge is -2.03. The summed E-state index contributed by atoms with van der Waals surface area (Å²) in [4.78, 5) is 3.45. The first-order valence-corrected chi connectivity index (χ1v) is 5.58. The number of aromatic nitrogens is 1. The number of hydrogen-bond acceptors (Lipinski definition) is 1. The molecule has 3 heteroatoms. The lowest BCUT2D eigenvalue weighted by molar-refractivity contribution is 0.716. The Morgan fingerprint density at radius 3 is 3.00 bits per heavy atom. The Bertz CT molecular complexity index is 542. The molecule has 3 rings (SSSR count). The fraction of sp³-hybridized carbons (Fsp3) is 0.333. The van der Waals surface area contributed by atoms with Gasteiger partial charge in [0.05, 0.1) is 10.5 Å². The van der Waals surface area contributed by atoms with E-state index >= 15 is 0 Å². The van der Waals surface area contributed by atoms with Gasteiger partial charge in [0.1, 0.15) is 0 Å². The molecule has 3 N–H and O–H groups in total. The van der Waals surface area contributed by atoms with E-state index in [0.29, 0.717) is 0 Å². The third-order valence-corrected chi connectivity index (χ3v) is 3.55. The van der Waals surface area contributed by atoms with Crippen LogP contribution in [-0.4, -0.2) is 11.0 Å². The number of benzene rings is 1. The van der Waals surface area contributed by atoms with Crippen molar-refractivity contribution in [2.75, 3.05) is 0 Å². The highest BCUT2D eigenvalue weighted by molar-refractivity contribution is 6.36. The number of H-pyrrole nitrogens is 1. The van der Waals surface area contributed by atoms with Crippen molar-refractivity contribution in [1.29, 1.82) is 0 Å². The van der Waals surface area contributed by atoms with Crippen LogP contribution in [0, 0.1) is 6.92 Å². The van der Waals surface area contributed by atoms with Gasteiger partial charge in [0.15, 0.2) is 0 Å². The van der Waals surface area contributed by atoms with E-state index in [-0.39, 0.29) is 6.04 Å². The lowest BCUT2D eigenvalue weighted by atomic mass is 10.1. The molecule has 0 saturated heterocycles. The number of nitrogens with one attached hydrogen (secondary N) is 1. The molecule has 1 aliphatic rings. The van der Waals surface area contributed by atoms with Gasteiger partial charge < -0.3 is 10.7 Å². The molecule has 1 atom stereocenters. The molecular formula is C12H13ClN2. The smallest absolute Gasteiger partial charge is 0.0503 e. The Morgan fingerprint density at radius 2 is 2.20 bits per heavy atom. The maximum Gasteiger partial charge on any atom is 0.0503 e. The Labute approximate surface area is 93.4 Å². The van der Waals surface area contributed by atoms with Crippen molar-refractivity contribution in [3.8, 4) is 0 Å². The van der Waals surface area contributed by atoms with Gasteiger partial charge in [0, 0.05) is 23.5 Å². The Kier molecular flexibility index (Phi) is 1.85. The molecule has 1 heterocycles. The van der Waals surface area contributed by atoms with Crippen LogP contribution in [0.15, 0.2) is 12.1 Å². The van der Waals surface area contributed by atoms with E-state index in [0.717, 1.165) is 17.9 Å². The standard InChI is InChI=1S/C12H13ClN2/c1-6-2-3-9(13)11-8-4-7(14)5-10(8)15-12(6)11/h2-3,7,15H,4-5,14H2,1H3. The zero-order valence-corrected chi connectivity index (χ0v) is 9.36. The molecule has 1 aliphatic carbocycles. The van der Waals surface area contributed by atoms with Gasteiger partial charge in [0.25, 0.3) is 0 Å². The number of aryl methyl sites for hydroxylation is 1. The van der Waals surface area contributed by atoms with Gasteiger partial charge in [-0.1, -0.05) is 17.7 Å². The topological polar surface area (TPSA) is 41.8 Å². The van der Waals surface area contributed by atoms with Gasteiger partial charge in [-0.05, 0) is 30.5 Å². The predicted molar refractivity (Wildman–Crippen MR) is 63.4 cm³/mol. The van der Waals surface area contributed by atoms with Crippen molar-refractivity contribution in [3.05, 3.63) is 34.0 Å². The number of rotatable bonds is 0. The molecule has 1 unspecified atom stereocenters. The van der Waals surface area contributed by atoms with Crippen LogP contribution in [0.5, 0.6) is 0 Å². The van der Waals surface area contributed by atoms with Gasteiger partial charge in [-0.2, -0.15) is 0 Å². The summed E-state index contributed by atoms with van der Waals surface area (Å²) >= 11 is 6.24. The third kappa shape index (κ3) is 1.22. The average Bonchev–Trinajstić information content (AvgIpc) is 2.67. The molecule has 0 saturated carbocycles. The van der Waals surface area contributed by atoms with Crippen LogP contribution < -0.4 is 5.73 Å². The third-order valence-electron chi connectivity index (χ3n) is 3.24. The summed E-state index contributed by atoms with van der Waals surface area (Å²) in [5.74, 6) is 0. The minimum absolute atomic E-state index is 0.257. The van der Waals surface area contributed by atoms with E-state index in [1.54, 1.807) is 0 Å². The molecule has 0 fully saturated rings. The maximum absolute atomic E-state index is 6.24. The second kappa shape index (κ2) is 3.00. The van der Waals surface area contributed by atoms with Crippen molar-refractivity contribution in [3.63, 3.8) is 0 Å². The average molecular weight is 221 g/mol. The van der Waals surface area contributed by atoms with Crippen molar-refractivity contribution >= 4 is 22.5 Å². The second-order valence-electron chi connectivity index (χ2n) is 4.36. The van der Waals surface area contributed by atoms with Gasteiger partial charge in [-0.15, -0.1) is 0 Å². The number of halogens is 1. The number of aromatic amines is 1. The highest BCUT2D eigenvalue weighted by Crippen LogP contribution is 2.35. The molecule has 0 spiro atoms. The van der Waals surface area contributed by atoms with E-state index < -0.39 is 0 Å². The van der Waals surface area contributed by atoms with Gasteiger partial charge in [0.2, 0.25) is 0 Å². The molecule has 0 bridgehead atoms. The molecule has 0 amide bonds. The number of nitrogens with two attached hydrogens (primary N) is 1. The first-order chi connectivity index (χ1) is 7.16. The molecule has 2 nitrogen and oxygen atoms in total. The number of fused-ring (bicyclic) bond motifs is 3. The van der Waals surface area contributed by atoms with Crippen molar-refractivity contribution in [2.45, 2.75) is 25.8 Å². The molecule has 0 aliphatic heterocycles. The van der Waals surface area contributed by atoms with Crippen molar-refractivity contribution in [2.24, 2.45) is 5.73 Å². The van der Waals surface area contributed by atoms with Crippen LogP contribution in [0.1, 0.15) is 16.8 Å². The minimum Gasteiger partial charge on any atom is -0.358 e. The molecule has 2 aromatic rings. The zero-order valence-electron chi connectivity index (χ0n) is 8.60. The second-order valence-corrected chi connectivity index (χ2v) is 4.77. The van der Waals surface area contributed by atoms with E-state index in [1.165, 1.54) is 27.7 Å². The van der Waals surface area contributed by atoms with Crippen LogP contribution in [0.2, 0.25) is 5.02 Å². The summed E-state index contributed by atoms with van der Waals surface area (Å²) < 4.78 is 0. The summed E-state index contributed by atoms with van der Waals surface area (Å²) in [6, 6.07) is 4.28. The first-order valence-electron chi connectivity index (χ1n) is 5.21. The largest absolute Gasteiger partial charge is 0.358 e. The molecule has 1 aromatic carbocycles. The van der Waals surface area contributed by atoms with Crippen LogP contribution in [-0.2, 0) is 12.8 Å². The zero-order chi connectivity index (χ0) is 10.6. The lowest BCUT2D eigenvalue weighted by Crippen LogP contribution is -2.19. The predicted octanol–water partition coefficient (Wildman–Crippen LogP) is 2.56. The summed E-state index contributed by atoms with van der Waals surface area (Å²) in [6.07, 6.45) is 1.89. The van der Waals surface area contributed by atoms with Crippen LogP contribution in [0.25, 0.3) is 10.9 Å². The molecule has 15 heavy (non-hydrogen) atoms. The van der Waals surface area contributed by atoms with Crippen LogP contribution in [0.3, 0.4) is 0 Å². The fourth-order valence-electron chi connectivity index (χ4n) is 2.51. The van der Waals surface area contributed by atoms with Crippen LogP contribution >= 0.6 is 11.6 Å². The van der Waals surface area contributed by atoms with E-state index in [2.05, 4.69) is 18.0 Å². The minimum atomic E-state index is 0.257. The summed E-state index contributed by atoms with van der Waals surface area (Å²) in [6.45, 7) is 2.10.